The average molecular weight is 465 g/mol. The Morgan fingerprint density at radius 2 is 1.92 bits per heavy atom. The van der Waals surface area contributed by atoms with Gasteiger partial charge in [-0.1, -0.05) is 18.2 Å². The van der Waals surface area contributed by atoms with Crippen molar-refractivity contribution in [1.82, 2.24) is 30.2 Å². The van der Waals surface area contributed by atoms with E-state index < -0.39 is 0 Å². The average Bonchev–Trinajstić information content (AvgIpc) is 3.27. The monoisotopic (exact) mass is 465 g/mol. The zero-order valence-electron chi connectivity index (χ0n) is 15.0. The SMILES string of the molecule is CCNC(=NCc1ccn(-c2ccccc2)n1)NCc1ccnn1C.I. The van der Waals surface area contributed by atoms with Crippen molar-refractivity contribution in [2.24, 2.45) is 12.0 Å². The van der Waals surface area contributed by atoms with Crippen LogP contribution in [0.2, 0.25) is 0 Å². The normalized spacial score (nSPS) is 11.1. The molecule has 0 saturated carbocycles. The van der Waals surface area contributed by atoms with Crippen LogP contribution >= 0.6 is 24.0 Å². The second-order valence-electron chi connectivity index (χ2n) is 5.58. The largest absolute Gasteiger partial charge is 0.357 e. The third-order valence-corrected chi connectivity index (χ3v) is 3.77. The first-order valence-electron chi connectivity index (χ1n) is 8.35. The third-order valence-electron chi connectivity index (χ3n) is 3.77. The quantitative estimate of drug-likeness (QED) is 0.334. The zero-order valence-corrected chi connectivity index (χ0v) is 17.3. The van der Waals surface area contributed by atoms with E-state index in [1.165, 1.54) is 0 Å². The molecule has 8 heteroatoms. The standard InChI is InChI=1S/C18H23N7.HI/c1-3-19-18(21-14-17-9-11-22-24(17)2)20-13-15-10-12-25(23-15)16-7-5-4-6-8-16;/h4-12H,3,13-14H2,1-2H3,(H2,19,20,21);1H. The fourth-order valence-electron chi connectivity index (χ4n) is 2.42. The molecule has 2 heterocycles. The van der Waals surface area contributed by atoms with E-state index in [1.54, 1.807) is 6.20 Å². The van der Waals surface area contributed by atoms with Crippen LogP contribution in [0.4, 0.5) is 0 Å². The molecule has 3 rings (SSSR count). The molecule has 0 radical (unpaired) electrons. The van der Waals surface area contributed by atoms with Crippen molar-refractivity contribution in [3.05, 3.63) is 66.2 Å². The number of rotatable bonds is 6. The molecule has 0 aliphatic rings. The molecule has 2 aromatic heterocycles. The second-order valence-corrected chi connectivity index (χ2v) is 5.58. The van der Waals surface area contributed by atoms with Crippen LogP contribution in [0, 0.1) is 0 Å². The Morgan fingerprint density at radius 1 is 1.12 bits per heavy atom. The van der Waals surface area contributed by atoms with Crippen molar-refractivity contribution < 1.29 is 0 Å². The van der Waals surface area contributed by atoms with E-state index in [1.807, 2.05) is 72.0 Å². The van der Waals surface area contributed by atoms with Crippen LogP contribution in [-0.2, 0) is 20.1 Å². The summed E-state index contributed by atoms with van der Waals surface area (Å²) in [6.07, 6.45) is 3.74. The summed E-state index contributed by atoms with van der Waals surface area (Å²) < 4.78 is 3.71. The first kappa shape index (κ1) is 20.0. The van der Waals surface area contributed by atoms with Gasteiger partial charge in [-0.25, -0.2) is 9.67 Å². The maximum Gasteiger partial charge on any atom is 0.191 e. The van der Waals surface area contributed by atoms with Crippen molar-refractivity contribution in [3.8, 4) is 5.69 Å². The number of guanidine groups is 1. The fourth-order valence-corrected chi connectivity index (χ4v) is 2.42. The highest BCUT2D eigenvalue weighted by Crippen LogP contribution is 2.07. The number of benzene rings is 1. The Morgan fingerprint density at radius 3 is 2.62 bits per heavy atom. The molecule has 1 aromatic carbocycles. The minimum atomic E-state index is 0. The van der Waals surface area contributed by atoms with Gasteiger partial charge in [0.2, 0.25) is 0 Å². The predicted octanol–water partition coefficient (Wildman–Crippen LogP) is 2.48. The Hall–Kier alpha value is -2.36. The summed E-state index contributed by atoms with van der Waals surface area (Å²) in [5.74, 6) is 0.762. The highest BCUT2D eigenvalue weighted by atomic mass is 127. The fraction of sp³-hybridized carbons (Fsp3) is 0.278. The minimum Gasteiger partial charge on any atom is -0.357 e. The number of nitrogens with one attached hydrogen (secondary N) is 2. The predicted molar refractivity (Wildman–Crippen MR) is 114 cm³/mol. The number of aryl methyl sites for hydroxylation is 1. The summed E-state index contributed by atoms with van der Waals surface area (Å²) in [5.41, 5.74) is 3.06. The van der Waals surface area contributed by atoms with Crippen LogP contribution in [-0.4, -0.2) is 32.1 Å². The van der Waals surface area contributed by atoms with Crippen molar-refractivity contribution in [3.63, 3.8) is 0 Å². The molecule has 0 fully saturated rings. The number of aromatic nitrogens is 4. The molecule has 0 bridgehead atoms. The minimum absolute atomic E-state index is 0. The molecule has 0 aliphatic heterocycles. The van der Waals surface area contributed by atoms with Gasteiger partial charge < -0.3 is 10.6 Å². The summed E-state index contributed by atoms with van der Waals surface area (Å²) in [4.78, 5) is 4.61. The van der Waals surface area contributed by atoms with Gasteiger partial charge in [-0.05, 0) is 31.2 Å². The van der Waals surface area contributed by atoms with Gasteiger partial charge in [0.15, 0.2) is 5.96 Å². The van der Waals surface area contributed by atoms with Gasteiger partial charge in [0.1, 0.15) is 0 Å². The number of nitrogens with zero attached hydrogens (tertiary/aromatic N) is 5. The molecule has 0 aliphatic carbocycles. The molecule has 3 aromatic rings. The Bertz CT molecular complexity index is 823. The van der Waals surface area contributed by atoms with Gasteiger partial charge in [-0.15, -0.1) is 24.0 Å². The summed E-state index contributed by atoms with van der Waals surface area (Å²) in [7, 11) is 1.93. The first-order chi connectivity index (χ1) is 12.3. The van der Waals surface area contributed by atoms with E-state index >= 15 is 0 Å². The summed E-state index contributed by atoms with van der Waals surface area (Å²) in [6, 6.07) is 14.0. The van der Waals surface area contributed by atoms with Crippen LogP contribution in [0.1, 0.15) is 18.3 Å². The lowest BCUT2D eigenvalue weighted by Crippen LogP contribution is -2.37. The van der Waals surface area contributed by atoms with Crippen LogP contribution < -0.4 is 10.6 Å². The molecule has 0 atom stereocenters. The Labute approximate surface area is 170 Å². The van der Waals surface area contributed by atoms with E-state index in [2.05, 4.69) is 25.8 Å². The molecule has 0 amide bonds. The zero-order chi connectivity index (χ0) is 17.5. The summed E-state index contributed by atoms with van der Waals surface area (Å²) in [5, 5.41) is 15.3. The lowest BCUT2D eigenvalue weighted by molar-refractivity contribution is 0.684. The number of halogens is 1. The summed E-state index contributed by atoms with van der Waals surface area (Å²) in [6.45, 7) is 4.03. The van der Waals surface area contributed by atoms with Gasteiger partial charge in [0.25, 0.3) is 0 Å². The van der Waals surface area contributed by atoms with Crippen LogP contribution in [0.25, 0.3) is 5.69 Å². The van der Waals surface area contributed by atoms with Gasteiger partial charge in [-0.2, -0.15) is 10.2 Å². The lowest BCUT2D eigenvalue weighted by Gasteiger charge is -2.11. The van der Waals surface area contributed by atoms with E-state index in [0.717, 1.165) is 29.6 Å². The van der Waals surface area contributed by atoms with Crippen LogP contribution in [0.15, 0.2) is 59.9 Å². The summed E-state index contributed by atoms with van der Waals surface area (Å²) >= 11 is 0. The maximum atomic E-state index is 4.61. The second kappa shape index (κ2) is 9.95. The molecule has 26 heavy (non-hydrogen) atoms. The van der Waals surface area contributed by atoms with E-state index in [-0.39, 0.29) is 24.0 Å². The van der Waals surface area contributed by atoms with Crippen molar-refractivity contribution >= 4 is 29.9 Å². The topological polar surface area (TPSA) is 72.1 Å². The molecule has 0 saturated heterocycles. The number of aliphatic imine (C=N–C) groups is 1. The van der Waals surface area contributed by atoms with Gasteiger partial charge in [0, 0.05) is 26.0 Å². The van der Waals surface area contributed by atoms with Crippen molar-refractivity contribution in [2.45, 2.75) is 20.0 Å². The van der Waals surface area contributed by atoms with Gasteiger partial charge >= 0.3 is 0 Å². The molecule has 0 unspecified atom stereocenters. The highest BCUT2D eigenvalue weighted by Gasteiger charge is 2.03. The van der Waals surface area contributed by atoms with E-state index in [4.69, 9.17) is 0 Å². The Kier molecular flexibility index (Phi) is 7.64. The highest BCUT2D eigenvalue weighted by molar-refractivity contribution is 14.0. The molecular weight excluding hydrogens is 441 g/mol. The molecule has 138 valence electrons. The van der Waals surface area contributed by atoms with Crippen LogP contribution in [0.3, 0.4) is 0 Å². The third kappa shape index (κ3) is 5.32. The molecule has 0 spiro atoms. The number of hydrogen-bond donors (Lipinski definition) is 2. The number of hydrogen-bond acceptors (Lipinski definition) is 3. The van der Waals surface area contributed by atoms with Crippen LogP contribution in [0.5, 0.6) is 0 Å². The van der Waals surface area contributed by atoms with Gasteiger partial charge in [0.05, 0.1) is 30.2 Å². The molecule has 2 N–H and O–H groups in total. The van der Waals surface area contributed by atoms with Crippen molar-refractivity contribution in [1.29, 1.82) is 0 Å². The maximum absolute atomic E-state index is 4.61. The van der Waals surface area contributed by atoms with Crippen molar-refractivity contribution in [2.75, 3.05) is 6.54 Å². The number of para-hydroxylation sites is 1. The molecular formula is C18H24IN7. The molecule has 7 nitrogen and oxygen atoms in total. The Balaban J connectivity index is 0.00000243. The van der Waals surface area contributed by atoms with E-state index in [9.17, 15) is 0 Å². The van der Waals surface area contributed by atoms with Gasteiger partial charge in [-0.3, -0.25) is 4.68 Å². The van der Waals surface area contributed by atoms with E-state index in [0.29, 0.717) is 13.1 Å². The first-order valence-corrected chi connectivity index (χ1v) is 8.35. The lowest BCUT2D eigenvalue weighted by atomic mass is 10.3. The smallest absolute Gasteiger partial charge is 0.191 e.